The Morgan fingerprint density at radius 1 is 1.19 bits per heavy atom. The van der Waals surface area contributed by atoms with Crippen LogP contribution in [0.15, 0.2) is 12.5 Å². The van der Waals surface area contributed by atoms with Gasteiger partial charge in [-0.15, -0.1) is 0 Å². The van der Waals surface area contributed by atoms with Crippen molar-refractivity contribution in [3.63, 3.8) is 0 Å². The van der Waals surface area contributed by atoms with Gasteiger partial charge in [0.1, 0.15) is 0 Å². The Balaban J connectivity index is 1.64. The van der Waals surface area contributed by atoms with Crippen molar-refractivity contribution in [2.45, 2.75) is 57.4 Å². The highest BCUT2D eigenvalue weighted by Crippen LogP contribution is 2.16. The van der Waals surface area contributed by atoms with E-state index in [0.29, 0.717) is 0 Å². The third-order valence-electron chi connectivity index (χ3n) is 3.49. The van der Waals surface area contributed by atoms with Crippen LogP contribution in [0.1, 0.15) is 50.6 Å². The minimum absolute atomic E-state index is 0.753. The highest BCUT2D eigenvalue weighted by molar-refractivity contribution is 4.94. The van der Waals surface area contributed by atoms with Crippen molar-refractivity contribution in [2.75, 3.05) is 6.54 Å². The molecule has 1 aromatic rings. The van der Waals surface area contributed by atoms with Gasteiger partial charge in [0.2, 0.25) is 0 Å². The maximum atomic E-state index is 4.03. The summed E-state index contributed by atoms with van der Waals surface area (Å²) in [5.74, 6) is 0. The lowest BCUT2D eigenvalue weighted by Gasteiger charge is -2.20. The molecular weight excluding hydrogens is 198 g/mol. The second-order valence-electron chi connectivity index (χ2n) is 4.82. The van der Waals surface area contributed by atoms with Gasteiger partial charge >= 0.3 is 0 Å². The summed E-state index contributed by atoms with van der Waals surface area (Å²) >= 11 is 0. The van der Waals surface area contributed by atoms with E-state index < -0.39 is 0 Å². The van der Waals surface area contributed by atoms with Gasteiger partial charge in [0.15, 0.2) is 0 Å². The molecule has 0 aromatic carbocycles. The fraction of sp³-hybridized carbons (Fsp3) is 0.769. The van der Waals surface area contributed by atoms with Gasteiger partial charge in [-0.25, -0.2) is 4.98 Å². The average molecular weight is 221 g/mol. The molecule has 0 radical (unpaired) electrons. The van der Waals surface area contributed by atoms with E-state index in [0.717, 1.165) is 19.0 Å². The second kappa shape index (κ2) is 6.69. The summed E-state index contributed by atoms with van der Waals surface area (Å²) in [5, 5.41) is 3.68. The highest BCUT2D eigenvalue weighted by atomic mass is 14.9. The Labute approximate surface area is 98.1 Å². The third-order valence-corrected chi connectivity index (χ3v) is 3.49. The van der Waals surface area contributed by atoms with Crippen molar-refractivity contribution < 1.29 is 0 Å². The number of aromatic amines is 1. The first kappa shape index (κ1) is 11.6. The van der Waals surface area contributed by atoms with Gasteiger partial charge in [-0.1, -0.05) is 32.1 Å². The Hall–Kier alpha value is -0.830. The molecule has 1 fully saturated rings. The maximum Gasteiger partial charge on any atom is 0.0921 e. The van der Waals surface area contributed by atoms with Crippen LogP contribution >= 0.6 is 0 Å². The number of rotatable bonds is 4. The van der Waals surface area contributed by atoms with Crippen LogP contribution in [0, 0.1) is 0 Å². The van der Waals surface area contributed by atoms with Crippen molar-refractivity contribution in [3.8, 4) is 0 Å². The zero-order chi connectivity index (χ0) is 11.1. The quantitative estimate of drug-likeness (QED) is 0.820. The smallest absolute Gasteiger partial charge is 0.0921 e. The Bertz CT molecular complexity index is 261. The highest BCUT2D eigenvalue weighted by Gasteiger charge is 2.10. The zero-order valence-corrected chi connectivity index (χ0v) is 10.0. The molecule has 90 valence electrons. The first-order valence-electron chi connectivity index (χ1n) is 6.66. The number of aromatic nitrogens is 2. The van der Waals surface area contributed by atoms with Crippen molar-refractivity contribution >= 4 is 0 Å². The summed E-state index contributed by atoms with van der Waals surface area (Å²) in [6.45, 7) is 1.08. The van der Waals surface area contributed by atoms with Crippen molar-refractivity contribution in [3.05, 3.63) is 18.2 Å². The molecule has 0 atom stereocenters. The first-order chi connectivity index (χ1) is 7.95. The van der Waals surface area contributed by atoms with E-state index in [2.05, 4.69) is 15.3 Å². The predicted octanol–water partition coefficient (Wildman–Crippen LogP) is 2.65. The lowest BCUT2D eigenvalue weighted by molar-refractivity contribution is 0.391. The van der Waals surface area contributed by atoms with Crippen LogP contribution in [0.3, 0.4) is 0 Å². The van der Waals surface area contributed by atoms with Crippen LogP contribution in [0.5, 0.6) is 0 Å². The van der Waals surface area contributed by atoms with E-state index in [9.17, 15) is 0 Å². The fourth-order valence-corrected chi connectivity index (χ4v) is 2.49. The standard InChI is InChI=1S/C13H23N3/c1-2-4-6-12(7-5-3-1)15-9-8-13-10-14-11-16-13/h10-12,15H,1-9H2,(H,14,16). The molecule has 16 heavy (non-hydrogen) atoms. The number of hydrogen-bond donors (Lipinski definition) is 2. The lowest BCUT2D eigenvalue weighted by Crippen LogP contribution is -2.31. The van der Waals surface area contributed by atoms with Crippen LogP contribution in [0.25, 0.3) is 0 Å². The zero-order valence-electron chi connectivity index (χ0n) is 10.0. The predicted molar refractivity (Wildman–Crippen MR) is 66.4 cm³/mol. The fourth-order valence-electron chi connectivity index (χ4n) is 2.49. The summed E-state index contributed by atoms with van der Waals surface area (Å²) in [5.41, 5.74) is 1.23. The van der Waals surface area contributed by atoms with E-state index in [1.165, 1.54) is 50.6 Å². The van der Waals surface area contributed by atoms with Crippen LogP contribution in [0.4, 0.5) is 0 Å². The summed E-state index contributed by atoms with van der Waals surface area (Å²) in [4.78, 5) is 7.18. The van der Waals surface area contributed by atoms with Crippen LogP contribution in [0.2, 0.25) is 0 Å². The minimum Gasteiger partial charge on any atom is -0.348 e. The molecule has 3 nitrogen and oxygen atoms in total. The maximum absolute atomic E-state index is 4.03. The van der Waals surface area contributed by atoms with Gasteiger partial charge in [-0.2, -0.15) is 0 Å². The summed E-state index contributed by atoms with van der Waals surface area (Å²) in [7, 11) is 0. The Kier molecular flexibility index (Phi) is 4.87. The SMILES string of the molecule is c1ncc(CCNC2CCCCCCC2)[nH]1. The summed E-state index contributed by atoms with van der Waals surface area (Å²) in [6, 6.07) is 0.753. The van der Waals surface area contributed by atoms with E-state index in [1.54, 1.807) is 6.33 Å². The van der Waals surface area contributed by atoms with Crippen LogP contribution in [-0.4, -0.2) is 22.6 Å². The molecule has 1 aromatic heterocycles. The van der Waals surface area contributed by atoms with Gasteiger partial charge in [0.05, 0.1) is 6.33 Å². The van der Waals surface area contributed by atoms with Crippen molar-refractivity contribution in [1.29, 1.82) is 0 Å². The van der Waals surface area contributed by atoms with Crippen molar-refractivity contribution in [1.82, 2.24) is 15.3 Å². The molecule has 0 spiro atoms. The number of nitrogens with one attached hydrogen (secondary N) is 2. The molecule has 0 unspecified atom stereocenters. The molecule has 0 saturated heterocycles. The molecule has 0 amide bonds. The lowest BCUT2D eigenvalue weighted by atomic mass is 9.97. The molecule has 0 bridgehead atoms. The van der Waals surface area contributed by atoms with E-state index in [4.69, 9.17) is 0 Å². The molecule has 0 aliphatic heterocycles. The Morgan fingerprint density at radius 3 is 2.62 bits per heavy atom. The van der Waals surface area contributed by atoms with Gasteiger partial charge in [0, 0.05) is 30.9 Å². The number of nitrogens with zero attached hydrogens (tertiary/aromatic N) is 1. The first-order valence-corrected chi connectivity index (χ1v) is 6.66. The summed E-state index contributed by atoms with van der Waals surface area (Å²) in [6.07, 6.45) is 14.6. The van der Waals surface area contributed by atoms with E-state index in [-0.39, 0.29) is 0 Å². The third kappa shape index (κ3) is 3.97. The van der Waals surface area contributed by atoms with Gasteiger partial charge in [-0.05, 0) is 12.8 Å². The van der Waals surface area contributed by atoms with Crippen LogP contribution in [-0.2, 0) is 6.42 Å². The molecule has 1 aliphatic carbocycles. The second-order valence-corrected chi connectivity index (χ2v) is 4.82. The molecule has 3 heteroatoms. The van der Waals surface area contributed by atoms with Gasteiger partial charge in [-0.3, -0.25) is 0 Å². The largest absolute Gasteiger partial charge is 0.348 e. The van der Waals surface area contributed by atoms with Gasteiger partial charge < -0.3 is 10.3 Å². The molecule has 1 aliphatic rings. The molecule has 1 heterocycles. The van der Waals surface area contributed by atoms with Gasteiger partial charge in [0.25, 0.3) is 0 Å². The van der Waals surface area contributed by atoms with Crippen LogP contribution < -0.4 is 5.32 Å². The molecule has 2 N–H and O–H groups in total. The number of H-pyrrole nitrogens is 1. The normalized spacial score (nSPS) is 19.2. The molecule has 1 saturated carbocycles. The Morgan fingerprint density at radius 2 is 1.94 bits per heavy atom. The summed E-state index contributed by atoms with van der Waals surface area (Å²) < 4.78 is 0. The topological polar surface area (TPSA) is 40.7 Å². The molecular formula is C13H23N3. The number of hydrogen-bond acceptors (Lipinski definition) is 2. The van der Waals surface area contributed by atoms with E-state index >= 15 is 0 Å². The average Bonchev–Trinajstić information content (AvgIpc) is 2.73. The van der Waals surface area contributed by atoms with Crippen molar-refractivity contribution in [2.24, 2.45) is 0 Å². The minimum atomic E-state index is 0.753. The van der Waals surface area contributed by atoms with E-state index in [1.807, 2.05) is 6.20 Å². The molecule has 2 rings (SSSR count). The number of imidazole rings is 1. The monoisotopic (exact) mass is 221 g/mol.